The summed E-state index contributed by atoms with van der Waals surface area (Å²) in [5, 5.41) is 4.02. The van der Waals surface area contributed by atoms with Gasteiger partial charge in [-0.2, -0.15) is 11.3 Å². The van der Waals surface area contributed by atoms with Crippen molar-refractivity contribution in [2.45, 2.75) is 12.5 Å². The molecule has 2 aromatic rings. The molecule has 0 spiro atoms. The number of ether oxygens (including phenoxy) is 1. The van der Waals surface area contributed by atoms with E-state index in [1.165, 1.54) is 7.11 Å². The number of thiophene rings is 1. The van der Waals surface area contributed by atoms with E-state index in [-0.39, 0.29) is 17.6 Å². The lowest BCUT2D eigenvalue weighted by atomic mass is 10.0. The van der Waals surface area contributed by atoms with Gasteiger partial charge in [-0.05, 0) is 34.9 Å². The van der Waals surface area contributed by atoms with Gasteiger partial charge in [-0.15, -0.1) is 0 Å². The van der Waals surface area contributed by atoms with Gasteiger partial charge in [0, 0.05) is 11.6 Å². The molecule has 1 heterocycles. The first-order valence-corrected chi connectivity index (χ1v) is 6.25. The van der Waals surface area contributed by atoms with Crippen molar-refractivity contribution in [3.63, 3.8) is 0 Å². The highest BCUT2D eigenvalue weighted by Crippen LogP contribution is 2.26. The second kappa shape index (κ2) is 5.29. The van der Waals surface area contributed by atoms with Crippen LogP contribution in [0.25, 0.3) is 0 Å². The van der Waals surface area contributed by atoms with E-state index in [0.717, 1.165) is 5.56 Å². The van der Waals surface area contributed by atoms with Gasteiger partial charge in [0.15, 0.2) is 11.6 Å². The maximum Gasteiger partial charge on any atom is 0.169 e. The summed E-state index contributed by atoms with van der Waals surface area (Å²) in [6.45, 7) is 0. The molecule has 0 aliphatic rings. The van der Waals surface area contributed by atoms with Crippen LogP contribution in [0.2, 0.25) is 0 Å². The first-order valence-electron chi connectivity index (χ1n) is 5.31. The fourth-order valence-electron chi connectivity index (χ4n) is 1.74. The van der Waals surface area contributed by atoms with Crippen molar-refractivity contribution in [1.29, 1.82) is 0 Å². The molecule has 2 nitrogen and oxygen atoms in total. The maximum atomic E-state index is 13.9. The van der Waals surface area contributed by atoms with Crippen molar-refractivity contribution in [2.75, 3.05) is 7.11 Å². The molecule has 2 rings (SSSR count). The van der Waals surface area contributed by atoms with Gasteiger partial charge in [0.2, 0.25) is 0 Å². The fraction of sp³-hybridized carbons (Fsp3) is 0.231. The van der Waals surface area contributed by atoms with E-state index in [0.29, 0.717) is 12.0 Å². The summed E-state index contributed by atoms with van der Waals surface area (Å²) in [6, 6.07) is 6.71. The van der Waals surface area contributed by atoms with Gasteiger partial charge in [0.1, 0.15) is 0 Å². The Labute approximate surface area is 104 Å². The highest BCUT2D eigenvalue weighted by Gasteiger charge is 2.15. The van der Waals surface area contributed by atoms with Crippen molar-refractivity contribution in [3.05, 3.63) is 52.0 Å². The summed E-state index contributed by atoms with van der Waals surface area (Å²) in [5.41, 5.74) is 7.64. The van der Waals surface area contributed by atoms with E-state index in [2.05, 4.69) is 0 Å². The molecule has 1 aromatic heterocycles. The lowest BCUT2D eigenvalue weighted by Crippen LogP contribution is -2.15. The van der Waals surface area contributed by atoms with Gasteiger partial charge < -0.3 is 10.5 Å². The van der Waals surface area contributed by atoms with Crippen LogP contribution >= 0.6 is 11.3 Å². The molecular weight excluding hydrogens is 237 g/mol. The molecule has 0 amide bonds. The molecule has 0 saturated heterocycles. The second-order valence-electron chi connectivity index (χ2n) is 3.81. The van der Waals surface area contributed by atoms with Gasteiger partial charge in [0.25, 0.3) is 0 Å². The average Bonchev–Trinajstić information content (AvgIpc) is 2.82. The summed E-state index contributed by atoms with van der Waals surface area (Å²) >= 11 is 1.61. The van der Waals surface area contributed by atoms with Crippen molar-refractivity contribution < 1.29 is 9.13 Å². The SMILES string of the molecule is COc1cccc(C(N)Cc2ccsc2)c1F. The normalized spacial score (nSPS) is 12.4. The van der Waals surface area contributed by atoms with E-state index in [1.54, 1.807) is 29.5 Å². The fourth-order valence-corrected chi connectivity index (χ4v) is 2.43. The Morgan fingerprint density at radius 2 is 2.24 bits per heavy atom. The maximum absolute atomic E-state index is 13.9. The molecule has 1 unspecified atom stereocenters. The highest BCUT2D eigenvalue weighted by molar-refractivity contribution is 7.07. The molecule has 0 saturated carbocycles. The van der Waals surface area contributed by atoms with Crippen LogP contribution in [0, 0.1) is 5.82 Å². The van der Waals surface area contributed by atoms with Crippen LogP contribution in [0.1, 0.15) is 17.2 Å². The summed E-state index contributed by atoms with van der Waals surface area (Å²) in [7, 11) is 1.45. The van der Waals surface area contributed by atoms with Crippen molar-refractivity contribution in [2.24, 2.45) is 5.73 Å². The van der Waals surface area contributed by atoms with E-state index in [1.807, 2.05) is 16.8 Å². The molecule has 4 heteroatoms. The topological polar surface area (TPSA) is 35.2 Å². The number of nitrogens with two attached hydrogens (primary N) is 1. The summed E-state index contributed by atoms with van der Waals surface area (Å²) in [5.74, 6) is -0.124. The molecule has 1 atom stereocenters. The molecule has 0 bridgehead atoms. The van der Waals surface area contributed by atoms with Crippen molar-refractivity contribution in [1.82, 2.24) is 0 Å². The zero-order valence-corrected chi connectivity index (χ0v) is 10.3. The van der Waals surface area contributed by atoms with Gasteiger partial charge in [0.05, 0.1) is 7.11 Å². The number of rotatable bonds is 4. The number of benzene rings is 1. The van der Waals surface area contributed by atoms with Gasteiger partial charge in [-0.3, -0.25) is 0 Å². The van der Waals surface area contributed by atoms with Crippen LogP contribution in [0.3, 0.4) is 0 Å². The van der Waals surface area contributed by atoms with Crippen LogP contribution in [0.4, 0.5) is 4.39 Å². The molecule has 90 valence electrons. The van der Waals surface area contributed by atoms with Crippen LogP contribution in [-0.2, 0) is 6.42 Å². The zero-order chi connectivity index (χ0) is 12.3. The predicted molar refractivity (Wildman–Crippen MR) is 67.9 cm³/mol. The number of halogens is 1. The lowest BCUT2D eigenvalue weighted by molar-refractivity contribution is 0.382. The van der Waals surface area contributed by atoms with Crippen molar-refractivity contribution in [3.8, 4) is 5.75 Å². The summed E-state index contributed by atoms with van der Waals surface area (Å²) in [4.78, 5) is 0. The molecule has 0 aliphatic heterocycles. The lowest BCUT2D eigenvalue weighted by Gasteiger charge is -2.13. The Kier molecular flexibility index (Phi) is 3.76. The predicted octanol–water partition coefficient (Wildman–Crippen LogP) is 3.14. The summed E-state index contributed by atoms with van der Waals surface area (Å²) < 4.78 is 18.9. The monoisotopic (exact) mass is 251 g/mol. The van der Waals surface area contributed by atoms with Gasteiger partial charge >= 0.3 is 0 Å². The molecule has 2 N–H and O–H groups in total. The molecule has 0 radical (unpaired) electrons. The minimum atomic E-state index is -0.363. The minimum absolute atomic E-state index is 0.239. The van der Waals surface area contributed by atoms with Crippen molar-refractivity contribution >= 4 is 11.3 Å². The van der Waals surface area contributed by atoms with Gasteiger partial charge in [-0.1, -0.05) is 12.1 Å². The van der Waals surface area contributed by atoms with E-state index >= 15 is 0 Å². The minimum Gasteiger partial charge on any atom is -0.494 e. The Morgan fingerprint density at radius 3 is 2.88 bits per heavy atom. The van der Waals surface area contributed by atoms with E-state index in [4.69, 9.17) is 10.5 Å². The Morgan fingerprint density at radius 1 is 1.41 bits per heavy atom. The highest BCUT2D eigenvalue weighted by atomic mass is 32.1. The zero-order valence-electron chi connectivity index (χ0n) is 9.52. The van der Waals surface area contributed by atoms with E-state index in [9.17, 15) is 4.39 Å². The molecule has 0 aliphatic carbocycles. The van der Waals surface area contributed by atoms with Gasteiger partial charge in [-0.25, -0.2) is 4.39 Å². The molecule has 0 fully saturated rings. The number of hydrogen-bond donors (Lipinski definition) is 1. The Hall–Kier alpha value is -1.39. The second-order valence-corrected chi connectivity index (χ2v) is 4.59. The first kappa shape index (κ1) is 12.1. The standard InChI is InChI=1S/C13H14FNOS/c1-16-12-4-2-3-10(13(12)14)11(15)7-9-5-6-17-8-9/h2-6,8,11H,7,15H2,1H3. The third kappa shape index (κ3) is 2.65. The summed E-state index contributed by atoms with van der Waals surface area (Å²) in [6.07, 6.45) is 0.633. The van der Waals surface area contributed by atoms with Crippen LogP contribution < -0.4 is 10.5 Å². The van der Waals surface area contributed by atoms with Crippen LogP contribution in [0.15, 0.2) is 35.0 Å². The quantitative estimate of drug-likeness (QED) is 0.906. The molecule has 1 aromatic carbocycles. The molecule has 17 heavy (non-hydrogen) atoms. The molecular formula is C13H14FNOS. The van der Waals surface area contributed by atoms with Crippen LogP contribution in [0.5, 0.6) is 5.75 Å². The third-order valence-electron chi connectivity index (χ3n) is 2.65. The largest absolute Gasteiger partial charge is 0.494 e. The third-order valence-corrected chi connectivity index (χ3v) is 3.38. The smallest absolute Gasteiger partial charge is 0.169 e. The number of hydrogen-bond acceptors (Lipinski definition) is 3. The van der Waals surface area contributed by atoms with Crippen LogP contribution in [-0.4, -0.2) is 7.11 Å². The first-order chi connectivity index (χ1) is 8.22. The Balaban J connectivity index is 2.22. The Bertz CT molecular complexity index is 484. The average molecular weight is 251 g/mol. The number of methoxy groups -OCH3 is 1. The van der Waals surface area contributed by atoms with E-state index < -0.39 is 0 Å².